The molecule has 8 nitrogen and oxygen atoms in total. The van der Waals surface area contributed by atoms with Crippen molar-refractivity contribution >= 4 is 21.7 Å². The highest BCUT2D eigenvalue weighted by Gasteiger charge is 2.33. The number of carbonyl (C=O) groups excluding carboxylic acids is 1. The highest BCUT2D eigenvalue weighted by molar-refractivity contribution is 7.89. The molecule has 1 aliphatic heterocycles. The number of piperidine rings is 1. The van der Waals surface area contributed by atoms with E-state index in [-0.39, 0.29) is 27.8 Å². The minimum absolute atomic E-state index is 0.0110. The van der Waals surface area contributed by atoms with E-state index >= 15 is 0 Å². The lowest BCUT2D eigenvalue weighted by Crippen LogP contribution is -2.42. The van der Waals surface area contributed by atoms with Crippen LogP contribution in [0.4, 0.5) is 5.82 Å². The molecular weight excluding hydrogens is 416 g/mol. The molecule has 1 aromatic carbocycles. The van der Waals surface area contributed by atoms with Gasteiger partial charge in [-0.25, -0.2) is 13.1 Å². The standard InChI is InChI=1S/C22H32N4O4S/c1-15-13-20(26(24-15)22(3,4)5)23-21(27)17-10-11-18(30-6)19(14-17)31(28,29)25-12-8-7-9-16(25)2/h10-11,13-14,16H,7-9,12H2,1-6H3,(H,23,27). The Bertz CT molecular complexity index is 1070. The van der Waals surface area contributed by atoms with Gasteiger partial charge >= 0.3 is 0 Å². The van der Waals surface area contributed by atoms with E-state index in [9.17, 15) is 13.2 Å². The lowest BCUT2D eigenvalue weighted by molar-refractivity contribution is 0.102. The van der Waals surface area contributed by atoms with Gasteiger partial charge in [-0.15, -0.1) is 0 Å². The van der Waals surface area contributed by atoms with Gasteiger partial charge in [0.05, 0.1) is 18.3 Å². The number of benzene rings is 1. The fourth-order valence-electron chi connectivity index (χ4n) is 3.86. The Morgan fingerprint density at radius 3 is 2.55 bits per heavy atom. The maximum absolute atomic E-state index is 13.4. The first-order valence-corrected chi connectivity index (χ1v) is 12.0. The van der Waals surface area contributed by atoms with Gasteiger partial charge < -0.3 is 10.1 Å². The number of anilines is 1. The molecule has 3 rings (SSSR count). The molecule has 31 heavy (non-hydrogen) atoms. The van der Waals surface area contributed by atoms with E-state index < -0.39 is 15.9 Å². The zero-order valence-electron chi connectivity index (χ0n) is 19.1. The summed E-state index contributed by atoms with van der Waals surface area (Å²) >= 11 is 0. The van der Waals surface area contributed by atoms with Gasteiger partial charge in [-0.05, 0) is 65.7 Å². The molecule has 1 aliphatic rings. The summed E-state index contributed by atoms with van der Waals surface area (Å²) in [5, 5.41) is 7.33. The quantitative estimate of drug-likeness (QED) is 0.751. The van der Waals surface area contributed by atoms with Gasteiger partial charge in [0.15, 0.2) is 0 Å². The molecule has 0 aliphatic carbocycles. The molecular formula is C22H32N4O4S. The van der Waals surface area contributed by atoms with Gasteiger partial charge in [0.2, 0.25) is 10.0 Å². The molecule has 1 unspecified atom stereocenters. The van der Waals surface area contributed by atoms with Gasteiger partial charge in [-0.1, -0.05) is 6.42 Å². The molecule has 9 heteroatoms. The summed E-state index contributed by atoms with van der Waals surface area (Å²) in [5.41, 5.74) is 0.695. The highest BCUT2D eigenvalue weighted by Crippen LogP contribution is 2.32. The summed E-state index contributed by atoms with van der Waals surface area (Å²) in [6.07, 6.45) is 2.65. The largest absolute Gasteiger partial charge is 0.495 e. The molecule has 1 saturated heterocycles. The number of hydrogen-bond acceptors (Lipinski definition) is 5. The minimum Gasteiger partial charge on any atom is -0.495 e. The first-order chi connectivity index (χ1) is 14.4. The fraction of sp³-hybridized carbons (Fsp3) is 0.545. The first-order valence-electron chi connectivity index (χ1n) is 10.5. The number of amides is 1. The summed E-state index contributed by atoms with van der Waals surface area (Å²) in [6.45, 7) is 10.2. The summed E-state index contributed by atoms with van der Waals surface area (Å²) in [6, 6.07) is 6.19. The van der Waals surface area contributed by atoms with Crippen LogP contribution < -0.4 is 10.1 Å². The normalized spacial score (nSPS) is 18.1. The Balaban J connectivity index is 1.97. The summed E-state index contributed by atoms with van der Waals surface area (Å²) in [7, 11) is -2.37. The van der Waals surface area contributed by atoms with Gasteiger partial charge in [0.25, 0.3) is 5.91 Å². The summed E-state index contributed by atoms with van der Waals surface area (Å²) < 4.78 is 35.4. The van der Waals surface area contributed by atoms with E-state index in [0.29, 0.717) is 12.4 Å². The smallest absolute Gasteiger partial charge is 0.256 e. The topological polar surface area (TPSA) is 93.5 Å². The predicted octanol–water partition coefficient (Wildman–Crippen LogP) is 3.77. The number of carbonyl (C=O) groups is 1. The number of nitrogens with one attached hydrogen (secondary N) is 1. The Kier molecular flexibility index (Phi) is 6.48. The van der Waals surface area contributed by atoms with Crippen LogP contribution >= 0.6 is 0 Å². The molecule has 0 saturated carbocycles. The van der Waals surface area contributed by atoms with Gasteiger partial charge in [-0.2, -0.15) is 9.40 Å². The molecule has 0 spiro atoms. The van der Waals surface area contributed by atoms with E-state index in [2.05, 4.69) is 10.4 Å². The second kappa shape index (κ2) is 8.63. The van der Waals surface area contributed by atoms with Crippen LogP contribution in [-0.4, -0.2) is 48.1 Å². The Morgan fingerprint density at radius 2 is 1.94 bits per heavy atom. The number of aromatic nitrogens is 2. The number of nitrogens with zero attached hydrogens (tertiary/aromatic N) is 3. The lowest BCUT2D eigenvalue weighted by atomic mass is 10.1. The number of rotatable bonds is 5. The maximum Gasteiger partial charge on any atom is 0.256 e. The molecule has 0 radical (unpaired) electrons. The molecule has 2 heterocycles. The second-order valence-corrected chi connectivity index (χ2v) is 10.9. The third kappa shape index (κ3) is 4.77. The van der Waals surface area contributed by atoms with Crippen LogP contribution in [0, 0.1) is 6.92 Å². The van der Waals surface area contributed by atoms with Crippen molar-refractivity contribution in [2.75, 3.05) is 19.0 Å². The first kappa shape index (κ1) is 23.3. The van der Waals surface area contributed by atoms with Crippen LogP contribution in [0.25, 0.3) is 0 Å². The van der Waals surface area contributed by atoms with Crippen molar-refractivity contribution in [1.29, 1.82) is 0 Å². The monoisotopic (exact) mass is 448 g/mol. The molecule has 1 atom stereocenters. The van der Waals surface area contributed by atoms with Gasteiger partial charge in [0, 0.05) is 24.2 Å². The molecule has 2 aromatic rings. The Hall–Kier alpha value is -2.39. The SMILES string of the molecule is COc1ccc(C(=O)Nc2cc(C)nn2C(C)(C)C)cc1S(=O)(=O)N1CCCCC1C. The van der Waals surface area contributed by atoms with E-state index in [4.69, 9.17) is 4.74 Å². The third-order valence-corrected chi connectivity index (χ3v) is 7.50. The molecule has 1 aromatic heterocycles. The van der Waals surface area contributed by atoms with Crippen LogP contribution in [-0.2, 0) is 15.6 Å². The van der Waals surface area contributed by atoms with Crippen molar-refractivity contribution in [3.63, 3.8) is 0 Å². The van der Waals surface area contributed by atoms with Crippen molar-refractivity contribution in [1.82, 2.24) is 14.1 Å². The maximum atomic E-state index is 13.4. The van der Waals surface area contributed by atoms with Gasteiger partial charge in [0.1, 0.15) is 16.5 Å². The average molecular weight is 449 g/mol. The second-order valence-electron chi connectivity index (χ2n) is 9.03. The molecule has 0 bridgehead atoms. The zero-order chi connectivity index (χ0) is 23.0. The van der Waals surface area contributed by atoms with Crippen LogP contribution in [0.5, 0.6) is 5.75 Å². The van der Waals surface area contributed by atoms with Crippen molar-refractivity contribution in [2.45, 2.75) is 70.4 Å². The Morgan fingerprint density at radius 1 is 1.23 bits per heavy atom. The molecule has 1 amide bonds. The van der Waals surface area contributed by atoms with E-state index in [0.717, 1.165) is 25.0 Å². The highest BCUT2D eigenvalue weighted by atomic mass is 32.2. The zero-order valence-corrected chi connectivity index (χ0v) is 19.9. The van der Waals surface area contributed by atoms with Crippen LogP contribution in [0.2, 0.25) is 0 Å². The summed E-state index contributed by atoms with van der Waals surface area (Å²) in [5.74, 6) is 0.376. The molecule has 1 fully saturated rings. The van der Waals surface area contributed by atoms with Crippen LogP contribution in [0.1, 0.15) is 63.0 Å². The minimum atomic E-state index is -3.80. The number of methoxy groups -OCH3 is 1. The van der Waals surface area contributed by atoms with Crippen molar-refractivity contribution in [3.05, 3.63) is 35.5 Å². The van der Waals surface area contributed by atoms with Crippen molar-refractivity contribution in [3.8, 4) is 5.75 Å². The van der Waals surface area contributed by atoms with Gasteiger partial charge in [-0.3, -0.25) is 4.79 Å². The number of hydrogen-bond donors (Lipinski definition) is 1. The average Bonchev–Trinajstić information content (AvgIpc) is 3.08. The molecule has 170 valence electrons. The predicted molar refractivity (Wildman–Crippen MR) is 120 cm³/mol. The van der Waals surface area contributed by atoms with Crippen molar-refractivity contribution < 1.29 is 17.9 Å². The lowest BCUT2D eigenvalue weighted by Gasteiger charge is -2.32. The fourth-order valence-corrected chi connectivity index (χ4v) is 5.75. The molecule has 1 N–H and O–H groups in total. The van der Waals surface area contributed by atoms with E-state index in [1.54, 1.807) is 16.8 Å². The van der Waals surface area contributed by atoms with E-state index in [1.807, 2.05) is 34.6 Å². The number of ether oxygens (including phenoxy) is 1. The van der Waals surface area contributed by atoms with Crippen molar-refractivity contribution in [2.24, 2.45) is 0 Å². The van der Waals surface area contributed by atoms with Crippen LogP contribution in [0.15, 0.2) is 29.2 Å². The third-order valence-electron chi connectivity index (χ3n) is 5.46. The number of aryl methyl sites for hydroxylation is 1. The van der Waals surface area contributed by atoms with Crippen LogP contribution in [0.3, 0.4) is 0 Å². The Labute approximate surface area is 184 Å². The van der Waals surface area contributed by atoms with E-state index in [1.165, 1.54) is 23.5 Å². The number of sulfonamides is 1. The summed E-state index contributed by atoms with van der Waals surface area (Å²) in [4.78, 5) is 13.0.